The topological polar surface area (TPSA) is 65.5 Å². The van der Waals surface area contributed by atoms with Crippen molar-refractivity contribution in [2.75, 3.05) is 50.0 Å². The minimum Gasteiger partial charge on any atom is -0.375 e. The van der Waals surface area contributed by atoms with Gasteiger partial charge in [0.05, 0.1) is 17.9 Å². The fraction of sp³-hybridized carbons (Fsp3) is 0.600. The van der Waals surface area contributed by atoms with Crippen molar-refractivity contribution in [1.29, 1.82) is 0 Å². The van der Waals surface area contributed by atoms with Crippen LogP contribution in [-0.4, -0.2) is 66.8 Å². The maximum Gasteiger partial charge on any atom is 0.227 e. The second-order valence-corrected chi connectivity index (χ2v) is 10.5. The molecular formula is C25H34Cl2N6O. The number of rotatable bonds is 6. The number of hydrogen-bond acceptors (Lipinski definition) is 7. The molecule has 0 radical (unpaired) electrons. The molecule has 34 heavy (non-hydrogen) atoms. The number of halogens is 2. The van der Waals surface area contributed by atoms with Crippen LogP contribution in [0.4, 0.5) is 11.8 Å². The van der Waals surface area contributed by atoms with Crippen molar-refractivity contribution < 1.29 is 4.74 Å². The van der Waals surface area contributed by atoms with Gasteiger partial charge in [0, 0.05) is 67.8 Å². The van der Waals surface area contributed by atoms with Crippen LogP contribution in [0.25, 0.3) is 0 Å². The summed E-state index contributed by atoms with van der Waals surface area (Å²) in [5, 5.41) is 8.27. The molecule has 4 heterocycles. The lowest BCUT2D eigenvalue weighted by Crippen LogP contribution is -2.42. The Balaban J connectivity index is 1.25. The smallest absolute Gasteiger partial charge is 0.227 e. The monoisotopic (exact) mass is 504 g/mol. The lowest BCUT2D eigenvalue weighted by atomic mass is 10.0. The largest absolute Gasteiger partial charge is 0.375 e. The fourth-order valence-electron chi connectivity index (χ4n) is 5.05. The summed E-state index contributed by atoms with van der Waals surface area (Å²) in [7, 11) is 2.19. The third kappa shape index (κ3) is 5.77. The molecule has 5 rings (SSSR count). The highest BCUT2D eigenvalue weighted by atomic mass is 35.5. The van der Waals surface area contributed by atoms with E-state index in [1.807, 2.05) is 12.1 Å². The summed E-state index contributed by atoms with van der Waals surface area (Å²) in [5.41, 5.74) is 3.29. The molecule has 3 aliphatic rings. The molecule has 0 spiro atoms. The molecule has 0 atom stereocenters. The number of nitrogens with zero attached hydrogens (tertiary/aromatic N) is 4. The summed E-state index contributed by atoms with van der Waals surface area (Å²) in [4.78, 5) is 14.6. The number of hydrogen-bond donors (Lipinski definition) is 2. The lowest BCUT2D eigenvalue weighted by Gasteiger charge is -2.36. The Morgan fingerprint density at radius 2 is 1.79 bits per heavy atom. The molecule has 1 aromatic heterocycles. The molecule has 9 heteroatoms. The van der Waals surface area contributed by atoms with E-state index in [4.69, 9.17) is 37.9 Å². The van der Waals surface area contributed by atoms with Gasteiger partial charge in [-0.05, 0) is 50.4 Å². The zero-order valence-electron chi connectivity index (χ0n) is 19.8. The summed E-state index contributed by atoms with van der Waals surface area (Å²) >= 11 is 12.4. The van der Waals surface area contributed by atoms with Crippen molar-refractivity contribution in [2.24, 2.45) is 0 Å². The van der Waals surface area contributed by atoms with Gasteiger partial charge in [-0.1, -0.05) is 29.3 Å². The standard InChI is InChI=1S/C25H34Cl2N6O/c1-32-10-5-19(6-11-32)34-20-7-12-33(13-8-20)25-30-23-4-9-28-16-21(23)24(31-25)29-15-17-2-3-18(26)14-22(17)27/h2-3,14,19-20,28H,4-13,15-16H2,1H3,(H,29,30,31). The van der Waals surface area contributed by atoms with Gasteiger partial charge in [-0.2, -0.15) is 4.98 Å². The number of ether oxygens (including phenoxy) is 1. The van der Waals surface area contributed by atoms with Crippen LogP contribution in [0.5, 0.6) is 0 Å². The van der Waals surface area contributed by atoms with Crippen molar-refractivity contribution in [1.82, 2.24) is 20.2 Å². The minimum absolute atomic E-state index is 0.344. The van der Waals surface area contributed by atoms with E-state index in [0.717, 1.165) is 100.0 Å². The number of aromatic nitrogens is 2. The summed E-state index contributed by atoms with van der Waals surface area (Å²) in [6, 6.07) is 5.60. The Kier molecular flexibility index (Phi) is 7.76. The zero-order chi connectivity index (χ0) is 23.5. The van der Waals surface area contributed by atoms with Crippen molar-refractivity contribution in [3.8, 4) is 0 Å². The SMILES string of the molecule is CN1CCC(OC2CCN(c3nc4c(c(NCc5ccc(Cl)cc5Cl)n3)CNCC4)CC2)CC1. The van der Waals surface area contributed by atoms with Crippen LogP contribution in [0.1, 0.15) is 42.5 Å². The van der Waals surface area contributed by atoms with E-state index in [0.29, 0.717) is 28.8 Å². The van der Waals surface area contributed by atoms with Crippen LogP contribution in [0.3, 0.4) is 0 Å². The first kappa shape index (κ1) is 24.1. The second-order valence-electron chi connectivity index (χ2n) is 9.64. The van der Waals surface area contributed by atoms with E-state index in [2.05, 4.69) is 27.5 Å². The van der Waals surface area contributed by atoms with Crippen LogP contribution >= 0.6 is 23.2 Å². The number of benzene rings is 1. The lowest BCUT2D eigenvalue weighted by molar-refractivity contribution is -0.0483. The predicted octanol–water partition coefficient (Wildman–Crippen LogP) is 4.12. The Hall–Kier alpha value is -1.64. The van der Waals surface area contributed by atoms with Gasteiger partial charge in [0.25, 0.3) is 0 Å². The number of likely N-dealkylation sites (tertiary alicyclic amines) is 1. The number of piperidine rings is 2. The molecule has 2 N–H and O–H groups in total. The summed E-state index contributed by atoms with van der Waals surface area (Å²) in [6.07, 6.45) is 6.01. The Morgan fingerprint density at radius 1 is 1.06 bits per heavy atom. The fourth-order valence-corrected chi connectivity index (χ4v) is 5.52. The Bertz CT molecular complexity index is 990. The minimum atomic E-state index is 0.344. The molecule has 2 saturated heterocycles. The first-order valence-corrected chi connectivity index (χ1v) is 13.2. The molecule has 0 amide bonds. The highest BCUT2D eigenvalue weighted by molar-refractivity contribution is 6.35. The van der Waals surface area contributed by atoms with Gasteiger partial charge >= 0.3 is 0 Å². The molecule has 0 bridgehead atoms. The van der Waals surface area contributed by atoms with Crippen LogP contribution in [0.2, 0.25) is 10.0 Å². The van der Waals surface area contributed by atoms with E-state index in [1.165, 1.54) is 0 Å². The number of nitrogens with one attached hydrogen (secondary N) is 2. The van der Waals surface area contributed by atoms with Gasteiger partial charge in [-0.3, -0.25) is 0 Å². The first-order chi connectivity index (χ1) is 16.5. The van der Waals surface area contributed by atoms with Gasteiger partial charge in [0.1, 0.15) is 5.82 Å². The van der Waals surface area contributed by atoms with E-state index in [1.54, 1.807) is 6.07 Å². The van der Waals surface area contributed by atoms with Crippen molar-refractivity contribution in [2.45, 2.75) is 57.4 Å². The number of fused-ring (bicyclic) bond motifs is 1. The maximum atomic E-state index is 6.45. The summed E-state index contributed by atoms with van der Waals surface area (Å²) < 4.78 is 6.45. The molecule has 1 aromatic carbocycles. The first-order valence-electron chi connectivity index (χ1n) is 12.4. The van der Waals surface area contributed by atoms with Crippen molar-refractivity contribution >= 4 is 35.0 Å². The van der Waals surface area contributed by atoms with Gasteiger partial charge in [0.2, 0.25) is 5.95 Å². The molecule has 7 nitrogen and oxygen atoms in total. The quantitative estimate of drug-likeness (QED) is 0.613. The Morgan fingerprint density at radius 3 is 2.53 bits per heavy atom. The molecular weight excluding hydrogens is 471 g/mol. The van der Waals surface area contributed by atoms with E-state index >= 15 is 0 Å². The highest BCUT2D eigenvalue weighted by Gasteiger charge is 2.27. The normalized spacial score (nSPS) is 20.4. The molecule has 0 unspecified atom stereocenters. The summed E-state index contributed by atoms with van der Waals surface area (Å²) in [5.74, 6) is 1.71. The molecule has 0 aliphatic carbocycles. The van der Waals surface area contributed by atoms with Crippen LogP contribution in [0, 0.1) is 0 Å². The van der Waals surface area contributed by atoms with Crippen LogP contribution in [-0.2, 0) is 24.2 Å². The average Bonchev–Trinajstić information content (AvgIpc) is 2.85. The molecule has 0 saturated carbocycles. The predicted molar refractivity (Wildman–Crippen MR) is 138 cm³/mol. The van der Waals surface area contributed by atoms with Gasteiger partial charge in [-0.25, -0.2) is 4.98 Å². The maximum absolute atomic E-state index is 6.45. The van der Waals surface area contributed by atoms with Gasteiger partial charge in [-0.15, -0.1) is 0 Å². The van der Waals surface area contributed by atoms with Crippen LogP contribution < -0.4 is 15.5 Å². The number of anilines is 2. The Labute approximate surface area is 212 Å². The van der Waals surface area contributed by atoms with E-state index in [-0.39, 0.29) is 0 Å². The molecule has 3 aliphatic heterocycles. The molecule has 2 fully saturated rings. The average molecular weight is 505 g/mol. The highest BCUT2D eigenvalue weighted by Crippen LogP contribution is 2.28. The van der Waals surface area contributed by atoms with E-state index < -0.39 is 0 Å². The molecule has 2 aromatic rings. The summed E-state index contributed by atoms with van der Waals surface area (Å²) in [6.45, 7) is 6.44. The van der Waals surface area contributed by atoms with Crippen LogP contribution in [0.15, 0.2) is 18.2 Å². The van der Waals surface area contributed by atoms with Gasteiger partial charge < -0.3 is 25.2 Å². The third-order valence-corrected chi connectivity index (χ3v) is 7.74. The molecule has 184 valence electrons. The van der Waals surface area contributed by atoms with Crippen molar-refractivity contribution in [3.63, 3.8) is 0 Å². The third-order valence-electron chi connectivity index (χ3n) is 7.16. The zero-order valence-corrected chi connectivity index (χ0v) is 21.3. The second kappa shape index (κ2) is 11.0. The van der Waals surface area contributed by atoms with E-state index in [9.17, 15) is 0 Å². The van der Waals surface area contributed by atoms with Gasteiger partial charge in [0.15, 0.2) is 0 Å². The van der Waals surface area contributed by atoms with Crippen molar-refractivity contribution in [3.05, 3.63) is 45.1 Å².